The normalized spacial score (nSPS) is 21.7. The van der Waals surface area contributed by atoms with Crippen LogP contribution < -0.4 is 5.32 Å². The van der Waals surface area contributed by atoms with Crippen LogP contribution in [0.2, 0.25) is 0 Å². The molecule has 2 saturated carbocycles. The molecule has 2 N–H and O–H groups in total. The molecule has 0 spiro atoms. The van der Waals surface area contributed by atoms with Crippen molar-refractivity contribution in [2.45, 2.75) is 37.5 Å². The molecule has 3 heteroatoms. The van der Waals surface area contributed by atoms with Crippen molar-refractivity contribution in [1.82, 2.24) is 5.32 Å². The van der Waals surface area contributed by atoms with Crippen LogP contribution in [0, 0.1) is 5.41 Å². The van der Waals surface area contributed by atoms with Crippen molar-refractivity contribution in [2.24, 2.45) is 5.41 Å². The van der Waals surface area contributed by atoms with Crippen molar-refractivity contribution < 1.29 is 9.90 Å². The van der Waals surface area contributed by atoms with Gasteiger partial charge in [-0.15, -0.1) is 0 Å². The van der Waals surface area contributed by atoms with Crippen LogP contribution in [0.5, 0.6) is 0 Å². The Morgan fingerprint density at radius 2 is 1.84 bits per heavy atom. The smallest absolute Gasteiger partial charge is 0.230 e. The van der Waals surface area contributed by atoms with E-state index in [0.717, 1.165) is 44.2 Å². The minimum atomic E-state index is -0.267. The highest BCUT2D eigenvalue weighted by molar-refractivity contribution is 5.91. The predicted octanol–water partition coefficient (Wildman–Crippen LogP) is 2.00. The number of carbonyl (C=O) groups excluding carboxylic acids is 1. The molecular formula is C16H21NO2. The molecule has 1 aromatic carbocycles. The summed E-state index contributed by atoms with van der Waals surface area (Å²) >= 11 is 0. The van der Waals surface area contributed by atoms with E-state index in [9.17, 15) is 4.79 Å². The third-order valence-corrected chi connectivity index (χ3v) is 4.73. The quantitative estimate of drug-likeness (QED) is 0.821. The molecule has 102 valence electrons. The van der Waals surface area contributed by atoms with Gasteiger partial charge in [0.15, 0.2) is 0 Å². The highest BCUT2D eigenvalue weighted by atomic mass is 16.3. The second-order valence-corrected chi connectivity index (χ2v) is 6.10. The van der Waals surface area contributed by atoms with Gasteiger partial charge in [-0.3, -0.25) is 4.79 Å². The first kappa shape index (κ1) is 12.7. The maximum absolute atomic E-state index is 12.4. The van der Waals surface area contributed by atoms with Gasteiger partial charge in [0.2, 0.25) is 5.91 Å². The van der Waals surface area contributed by atoms with Gasteiger partial charge in [-0.25, -0.2) is 0 Å². The summed E-state index contributed by atoms with van der Waals surface area (Å²) < 4.78 is 0. The zero-order valence-corrected chi connectivity index (χ0v) is 11.2. The van der Waals surface area contributed by atoms with Gasteiger partial charge in [0.05, 0.1) is 5.41 Å². The number of benzene rings is 1. The van der Waals surface area contributed by atoms with Crippen molar-refractivity contribution >= 4 is 5.91 Å². The SMILES string of the molecule is O=C(NCC1(CCO)CC1)C1(c2ccccc2)CC1. The molecule has 0 atom stereocenters. The summed E-state index contributed by atoms with van der Waals surface area (Å²) in [5.74, 6) is 0.169. The van der Waals surface area contributed by atoms with Gasteiger partial charge in [-0.1, -0.05) is 30.3 Å². The Labute approximate surface area is 114 Å². The molecule has 0 radical (unpaired) electrons. The van der Waals surface area contributed by atoms with Gasteiger partial charge in [-0.05, 0) is 43.1 Å². The number of aliphatic hydroxyl groups excluding tert-OH is 1. The molecule has 0 heterocycles. The van der Waals surface area contributed by atoms with Crippen LogP contribution in [0.15, 0.2) is 30.3 Å². The first-order chi connectivity index (χ1) is 9.21. The van der Waals surface area contributed by atoms with Crippen LogP contribution in [0.1, 0.15) is 37.7 Å². The van der Waals surface area contributed by atoms with Crippen molar-refractivity contribution in [3.05, 3.63) is 35.9 Å². The van der Waals surface area contributed by atoms with Crippen LogP contribution >= 0.6 is 0 Å². The second kappa shape index (κ2) is 4.64. The maximum Gasteiger partial charge on any atom is 0.230 e. The van der Waals surface area contributed by atoms with Gasteiger partial charge >= 0.3 is 0 Å². The number of carbonyl (C=O) groups is 1. The Hall–Kier alpha value is -1.35. The van der Waals surface area contributed by atoms with Crippen LogP contribution in [0.4, 0.5) is 0 Å². The second-order valence-electron chi connectivity index (χ2n) is 6.10. The average Bonchev–Trinajstić information content (AvgIpc) is 3.34. The zero-order valence-electron chi connectivity index (χ0n) is 11.2. The molecule has 0 bridgehead atoms. The predicted molar refractivity (Wildman–Crippen MR) is 73.7 cm³/mol. The molecule has 2 fully saturated rings. The third-order valence-electron chi connectivity index (χ3n) is 4.73. The van der Waals surface area contributed by atoms with Crippen LogP contribution in [0.25, 0.3) is 0 Å². The lowest BCUT2D eigenvalue weighted by Crippen LogP contribution is -2.38. The fourth-order valence-electron chi connectivity index (χ4n) is 2.90. The molecule has 0 aliphatic heterocycles. The van der Waals surface area contributed by atoms with Gasteiger partial charge in [0.25, 0.3) is 0 Å². The lowest BCUT2D eigenvalue weighted by molar-refractivity contribution is -0.123. The summed E-state index contributed by atoms with van der Waals surface area (Å²) in [5.41, 5.74) is 1.06. The largest absolute Gasteiger partial charge is 0.396 e. The lowest BCUT2D eigenvalue weighted by atomic mass is 9.94. The minimum Gasteiger partial charge on any atom is -0.396 e. The molecule has 0 saturated heterocycles. The topological polar surface area (TPSA) is 49.3 Å². The van der Waals surface area contributed by atoms with Crippen LogP contribution in [-0.2, 0) is 10.2 Å². The van der Waals surface area contributed by atoms with Gasteiger partial charge in [0, 0.05) is 13.2 Å². The van der Waals surface area contributed by atoms with E-state index in [2.05, 4.69) is 5.32 Å². The van der Waals surface area contributed by atoms with E-state index in [-0.39, 0.29) is 23.3 Å². The van der Waals surface area contributed by atoms with Crippen LogP contribution in [-0.4, -0.2) is 24.2 Å². The molecule has 0 aromatic heterocycles. The van der Waals surface area contributed by atoms with E-state index in [4.69, 9.17) is 5.11 Å². The summed E-state index contributed by atoms with van der Waals surface area (Å²) in [5, 5.41) is 12.2. The Kier molecular flexibility index (Phi) is 3.09. The summed E-state index contributed by atoms with van der Waals surface area (Å²) in [6.45, 7) is 0.945. The highest BCUT2D eigenvalue weighted by Crippen LogP contribution is 2.50. The van der Waals surface area contributed by atoms with Crippen molar-refractivity contribution in [2.75, 3.05) is 13.2 Å². The summed E-state index contributed by atoms with van der Waals surface area (Å²) in [6.07, 6.45) is 4.98. The lowest BCUT2D eigenvalue weighted by Gasteiger charge is -2.19. The maximum atomic E-state index is 12.4. The van der Waals surface area contributed by atoms with Crippen molar-refractivity contribution in [3.63, 3.8) is 0 Å². The van der Waals surface area contributed by atoms with Crippen molar-refractivity contribution in [1.29, 1.82) is 0 Å². The number of nitrogens with one attached hydrogen (secondary N) is 1. The fraction of sp³-hybridized carbons (Fsp3) is 0.562. The van der Waals surface area contributed by atoms with Crippen molar-refractivity contribution in [3.8, 4) is 0 Å². The molecule has 0 unspecified atom stereocenters. The Balaban J connectivity index is 1.62. The molecule has 3 nitrogen and oxygen atoms in total. The third kappa shape index (κ3) is 2.39. The standard InChI is InChI=1S/C16H21NO2/c18-11-10-15(6-7-15)12-17-14(19)16(8-9-16)13-4-2-1-3-5-13/h1-5,18H,6-12H2,(H,17,19). The zero-order chi connectivity index (χ0) is 13.3. The molecule has 19 heavy (non-hydrogen) atoms. The number of aliphatic hydroxyl groups is 1. The van der Waals surface area contributed by atoms with E-state index in [1.165, 1.54) is 0 Å². The monoisotopic (exact) mass is 259 g/mol. The molecular weight excluding hydrogens is 238 g/mol. The van der Waals surface area contributed by atoms with E-state index < -0.39 is 0 Å². The highest BCUT2D eigenvalue weighted by Gasteiger charge is 2.52. The van der Waals surface area contributed by atoms with E-state index in [1.54, 1.807) is 0 Å². The number of amides is 1. The summed E-state index contributed by atoms with van der Waals surface area (Å²) in [4.78, 5) is 12.4. The van der Waals surface area contributed by atoms with Gasteiger partial charge in [-0.2, -0.15) is 0 Å². The molecule has 1 aromatic rings. The van der Waals surface area contributed by atoms with Gasteiger partial charge in [0.1, 0.15) is 0 Å². The van der Waals surface area contributed by atoms with Crippen LogP contribution in [0.3, 0.4) is 0 Å². The van der Waals surface area contributed by atoms with E-state index in [0.29, 0.717) is 0 Å². The average molecular weight is 259 g/mol. The van der Waals surface area contributed by atoms with E-state index >= 15 is 0 Å². The molecule has 3 rings (SSSR count). The Morgan fingerprint density at radius 1 is 1.16 bits per heavy atom. The molecule has 2 aliphatic rings. The van der Waals surface area contributed by atoms with E-state index in [1.807, 2.05) is 30.3 Å². The number of hydrogen-bond donors (Lipinski definition) is 2. The van der Waals surface area contributed by atoms with Gasteiger partial charge < -0.3 is 10.4 Å². The fourth-order valence-corrected chi connectivity index (χ4v) is 2.90. The first-order valence-electron chi connectivity index (χ1n) is 7.16. The Bertz CT molecular complexity index is 461. The summed E-state index contributed by atoms with van der Waals surface area (Å²) in [7, 11) is 0. The minimum absolute atomic E-state index is 0.169. The first-order valence-corrected chi connectivity index (χ1v) is 7.16. The summed E-state index contributed by atoms with van der Waals surface area (Å²) in [6, 6.07) is 10.1. The molecule has 2 aliphatic carbocycles. The Morgan fingerprint density at radius 3 is 2.37 bits per heavy atom. The number of rotatable bonds is 6. The molecule has 1 amide bonds. The number of hydrogen-bond acceptors (Lipinski definition) is 2.